The van der Waals surface area contributed by atoms with Gasteiger partial charge in [0.2, 0.25) is 0 Å². The Hall–Kier alpha value is -3.28. The van der Waals surface area contributed by atoms with E-state index in [4.69, 9.17) is 4.42 Å². The van der Waals surface area contributed by atoms with Crippen molar-refractivity contribution < 1.29 is 4.42 Å². The molecule has 0 atom stereocenters. The summed E-state index contributed by atoms with van der Waals surface area (Å²) in [6.45, 7) is 0.596. The lowest BCUT2D eigenvalue weighted by Gasteiger charge is -2.12. The van der Waals surface area contributed by atoms with Gasteiger partial charge < -0.3 is 14.6 Å². The molecule has 0 bridgehead atoms. The zero-order valence-corrected chi connectivity index (χ0v) is 14.2. The van der Waals surface area contributed by atoms with E-state index in [1.165, 1.54) is 0 Å². The van der Waals surface area contributed by atoms with Gasteiger partial charge in [0.25, 0.3) is 0 Å². The van der Waals surface area contributed by atoms with E-state index in [-0.39, 0.29) is 0 Å². The molecule has 25 heavy (non-hydrogen) atoms. The Bertz CT molecular complexity index is 971. The summed E-state index contributed by atoms with van der Waals surface area (Å²) in [7, 11) is 4.06. The van der Waals surface area contributed by atoms with Crippen molar-refractivity contribution in [3.8, 4) is 11.1 Å². The summed E-state index contributed by atoms with van der Waals surface area (Å²) in [6.07, 6.45) is 5.31. The first-order valence-electron chi connectivity index (χ1n) is 8.09. The van der Waals surface area contributed by atoms with Gasteiger partial charge in [0.15, 0.2) is 5.65 Å². The summed E-state index contributed by atoms with van der Waals surface area (Å²) >= 11 is 0. The number of hydrogen-bond acceptors (Lipinski definition) is 5. The van der Waals surface area contributed by atoms with Gasteiger partial charge in [-0.15, -0.1) is 0 Å². The molecule has 4 aromatic rings. The maximum atomic E-state index is 5.36. The first-order valence-corrected chi connectivity index (χ1v) is 8.09. The number of nitrogens with zero attached hydrogens (tertiary/aromatic N) is 4. The van der Waals surface area contributed by atoms with Gasteiger partial charge in [-0.05, 0) is 35.9 Å². The molecule has 1 N–H and O–H groups in total. The van der Waals surface area contributed by atoms with Crippen LogP contribution in [0.3, 0.4) is 0 Å². The van der Waals surface area contributed by atoms with Crippen LogP contribution in [0.15, 0.2) is 65.5 Å². The van der Waals surface area contributed by atoms with Gasteiger partial charge in [0.05, 0.1) is 19.0 Å². The Labute approximate surface area is 145 Å². The topological polar surface area (TPSA) is 58.6 Å². The number of benzene rings is 1. The molecule has 0 aliphatic carbocycles. The van der Waals surface area contributed by atoms with Crippen LogP contribution in [0.2, 0.25) is 0 Å². The number of aromatic nitrogens is 3. The Morgan fingerprint density at radius 3 is 2.68 bits per heavy atom. The molecule has 4 rings (SSSR count). The highest BCUT2D eigenvalue weighted by molar-refractivity contribution is 5.78. The SMILES string of the molecule is CN(C)c1ccc(-c2cnn3c(NCc4ccco4)ccnc23)cc1. The molecule has 0 saturated carbocycles. The Kier molecular flexibility index (Phi) is 3.85. The molecule has 126 valence electrons. The van der Waals surface area contributed by atoms with E-state index in [9.17, 15) is 0 Å². The molecule has 6 nitrogen and oxygen atoms in total. The van der Waals surface area contributed by atoms with Crippen molar-refractivity contribution in [1.82, 2.24) is 14.6 Å². The van der Waals surface area contributed by atoms with Crippen molar-refractivity contribution in [2.75, 3.05) is 24.3 Å². The highest BCUT2D eigenvalue weighted by Crippen LogP contribution is 2.26. The van der Waals surface area contributed by atoms with Crippen LogP contribution >= 0.6 is 0 Å². The molecule has 3 aromatic heterocycles. The molecule has 0 aliphatic rings. The van der Waals surface area contributed by atoms with Gasteiger partial charge >= 0.3 is 0 Å². The first-order chi connectivity index (χ1) is 12.2. The number of fused-ring (bicyclic) bond motifs is 1. The Morgan fingerprint density at radius 2 is 1.96 bits per heavy atom. The van der Waals surface area contributed by atoms with Crippen molar-refractivity contribution in [3.63, 3.8) is 0 Å². The van der Waals surface area contributed by atoms with E-state index in [1.807, 2.05) is 43.0 Å². The minimum Gasteiger partial charge on any atom is -0.467 e. The standard InChI is InChI=1S/C19H19N5O/c1-23(2)15-7-5-14(6-8-15)17-13-22-24-18(9-10-20-19(17)24)21-12-16-4-3-11-25-16/h3-11,13,21H,12H2,1-2H3. The van der Waals surface area contributed by atoms with Crippen molar-refractivity contribution >= 4 is 17.2 Å². The molecule has 0 radical (unpaired) electrons. The Balaban J connectivity index is 1.66. The predicted octanol–water partition coefficient (Wildman–Crippen LogP) is 3.67. The fourth-order valence-electron chi connectivity index (χ4n) is 2.76. The highest BCUT2D eigenvalue weighted by Gasteiger charge is 2.11. The van der Waals surface area contributed by atoms with E-state index in [1.54, 1.807) is 12.5 Å². The molecule has 0 aliphatic heterocycles. The zero-order chi connectivity index (χ0) is 17.2. The number of anilines is 2. The Morgan fingerprint density at radius 1 is 1.12 bits per heavy atom. The molecule has 0 spiro atoms. The van der Waals surface area contributed by atoms with Crippen molar-refractivity contribution in [2.24, 2.45) is 0 Å². The van der Waals surface area contributed by atoms with Crippen LogP contribution in [-0.2, 0) is 6.54 Å². The van der Waals surface area contributed by atoms with Crippen LogP contribution in [0.25, 0.3) is 16.8 Å². The third kappa shape index (κ3) is 2.94. The first kappa shape index (κ1) is 15.3. The predicted molar refractivity (Wildman–Crippen MR) is 98.8 cm³/mol. The van der Waals surface area contributed by atoms with E-state index < -0.39 is 0 Å². The van der Waals surface area contributed by atoms with Gasteiger partial charge in [-0.2, -0.15) is 9.61 Å². The largest absolute Gasteiger partial charge is 0.467 e. The van der Waals surface area contributed by atoms with Gasteiger partial charge in [-0.3, -0.25) is 0 Å². The van der Waals surface area contributed by atoms with E-state index in [2.05, 4.69) is 44.6 Å². The molecule has 0 amide bonds. The summed E-state index contributed by atoms with van der Waals surface area (Å²) in [5.74, 6) is 1.74. The molecule has 3 heterocycles. The number of furan rings is 1. The van der Waals surface area contributed by atoms with Gasteiger partial charge in [-0.25, -0.2) is 4.98 Å². The summed E-state index contributed by atoms with van der Waals surface area (Å²) in [5, 5.41) is 7.84. The lowest BCUT2D eigenvalue weighted by atomic mass is 10.1. The van der Waals surface area contributed by atoms with Gasteiger partial charge in [0, 0.05) is 31.5 Å². The lowest BCUT2D eigenvalue weighted by Crippen LogP contribution is -2.07. The number of hydrogen-bond donors (Lipinski definition) is 1. The van der Waals surface area contributed by atoms with E-state index in [0.29, 0.717) is 6.54 Å². The lowest BCUT2D eigenvalue weighted by molar-refractivity contribution is 0.517. The van der Waals surface area contributed by atoms with Crippen molar-refractivity contribution in [1.29, 1.82) is 0 Å². The van der Waals surface area contributed by atoms with Crippen LogP contribution < -0.4 is 10.2 Å². The van der Waals surface area contributed by atoms with Crippen LogP contribution in [0.1, 0.15) is 5.76 Å². The fourth-order valence-corrected chi connectivity index (χ4v) is 2.76. The second kappa shape index (κ2) is 6.32. The third-order valence-corrected chi connectivity index (χ3v) is 4.12. The van der Waals surface area contributed by atoms with Crippen LogP contribution in [0.4, 0.5) is 11.5 Å². The maximum Gasteiger partial charge on any atom is 0.165 e. The number of rotatable bonds is 5. The summed E-state index contributed by atoms with van der Waals surface area (Å²) < 4.78 is 7.18. The highest BCUT2D eigenvalue weighted by atomic mass is 16.3. The van der Waals surface area contributed by atoms with Crippen LogP contribution in [0.5, 0.6) is 0 Å². The normalized spacial score (nSPS) is 11.0. The maximum absolute atomic E-state index is 5.36. The molecule has 0 unspecified atom stereocenters. The summed E-state index contributed by atoms with van der Waals surface area (Å²) in [4.78, 5) is 6.59. The minimum absolute atomic E-state index is 0.596. The molecular weight excluding hydrogens is 314 g/mol. The van der Waals surface area contributed by atoms with Gasteiger partial charge in [-0.1, -0.05) is 12.1 Å². The van der Waals surface area contributed by atoms with E-state index >= 15 is 0 Å². The van der Waals surface area contributed by atoms with Crippen molar-refractivity contribution in [3.05, 3.63) is 66.9 Å². The minimum atomic E-state index is 0.596. The zero-order valence-electron chi connectivity index (χ0n) is 14.2. The van der Waals surface area contributed by atoms with E-state index in [0.717, 1.165) is 34.0 Å². The molecule has 0 saturated heterocycles. The molecule has 6 heteroatoms. The van der Waals surface area contributed by atoms with Crippen LogP contribution in [0, 0.1) is 0 Å². The molecule has 1 aromatic carbocycles. The van der Waals surface area contributed by atoms with Gasteiger partial charge in [0.1, 0.15) is 11.6 Å². The summed E-state index contributed by atoms with van der Waals surface area (Å²) in [5.41, 5.74) is 4.08. The molecular formula is C19H19N5O. The fraction of sp³-hybridized carbons (Fsp3) is 0.158. The molecule has 0 fully saturated rings. The number of nitrogens with one attached hydrogen (secondary N) is 1. The average molecular weight is 333 g/mol. The summed E-state index contributed by atoms with van der Waals surface area (Å²) in [6, 6.07) is 14.1. The smallest absolute Gasteiger partial charge is 0.165 e. The second-order valence-electron chi connectivity index (χ2n) is 6.00. The quantitative estimate of drug-likeness (QED) is 0.604. The second-order valence-corrected chi connectivity index (χ2v) is 6.00. The van der Waals surface area contributed by atoms with Crippen molar-refractivity contribution in [2.45, 2.75) is 6.54 Å². The third-order valence-electron chi connectivity index (χ3n) is 4.12. The average Bonchev–Trinajstić information content (AvgIpc) is 3.30. The van der Waals surface area contributed by atoms with Crippen LogP contribution in [-0.4, -0.2) is 28.7 Å². The monoisotopic (exact) mass is 333 g/mol.